The minimum absolute atomic E-state index is 0.0852. The van der Waals surface area contributed by atoms with Gasteiger partial charge in [0, 0.05) is 38.3 Å². The molecule has 6 nitrogen and oxygen atoms in total. The summed E-state index contributed by atoms with van der Waals surface area (Å²) in [5.74, 6) is 0.0869. The second-order valence-electron chi connectivity index (χ2n) is 7.67. The average Bonchev–Trinajstić information content (AvgIpc) is 2.81. The van der Waals surface area contributed by atoms with Crippen LogP contribution < -0.4 is 10.3 Å². The van der Waals surface area contributed by atoms with Crippen molar-refractivity contribution in [1.29, 1.82) is 0 Å². The molecule has 4 aromatic rings. The lowest BCUT2D eigenvalue weighted by Crippen LogP contribution is -2.23. The van der Waals surface area contributed by atoms with Gasteiger partial charge in [-0.3, -0.25) is 9.59 Å². The number of carbonyl (C=O) groups excluding carboxylic acids is 1. The van der Waals surface area contributed by atoms with Crippen molar-refractivity contribution in [3.05, 3.63) is 101 Å². The van der Waals surface area contributed by atoms with Crippen LogP contribution >= 0.6 is 0 Å². The van der Waals surface area contributed by atoms with E-state index in [1.54, 1.807) is 21.1 Å². The molecule has 0 bridgehead atoms. The van der Waals surface area contributed by atoms with E-state index in [0.717, 1.165) is 0 Å². The Balaban J connectivity index is 1.90. The summed E-state index contributed by atoms with van der Waals surface area (Å²) in [5.41, 5.74) is 1.67. The molecule has 0 fully saturated rings. The maximum atomic E-state index is 14.4. The quantitative estimate of drug-likeness (QED) is 0.447. The molecule has 0 radical (unpaired) electrons. The molecule has 0 aliphatic heterocycles. The Morgan fingerprint density at radius 2 is 1.64 bits per heavy atom. The number of ether oxygens (including phenoxy) is 1. The van der Waals surface area contributed by atoms with E-state index in [1.165, 1.54) is 33.8 Å². The third kappa shape index (κ3) is 4.52. The van der Waals surface area contributed by atoms with Gasteiger partial charge in [0.05, 0.1) is 5.56 Å². The molecule has 7 heteroatoms. The first-order valence-electron chi connectivity index (χ1n) is 10.3. The number of aryl methyl sites for hydroxylation is 1. The topological polar surface area (TPSA) is 64.4 Å². The van der Waals surface area contributed by atoms with Crippen molar-refractivity contribution >= 4 is 5.91 Å². The first-order valence-corrected chi connectivity index (χ1v) is 10.3. The van der Waals surface area contributed by atoms with E-state index >= 15 is 0 Å². The molecule has 0 aliphatic carbocycles. The van der Waals surface area contributed by atoms with Crippen LogP contribution in [0.15, 0.2) is 83.7 Å². The Kier molecular flexibility index (Phi) is 6.04. The highest BCUT2D eigenvalue weighted by Crippen LogP contribution is 2.37. The monoisotopic (exact) mass is 443 g/mol. The summed E-state index contributed by atoms with van der Waals surface area (Å²) in [7, 11) is 4.66. The van der Waals surface area contributed by atoms with Crippen molar-refractivity contribution in [2.24, 2.45) is 7.05 Å². The largest absolute Gasteiger partial charge is 0.457 e. The van der Waals surface area contributed by atoms with E-state index in [1.807, 2.05) is 54.6 Å². The predicted octanol–water partition coefficient (Wildman–Crippen LogP) is 4.75. The number of halogens is 1. The predicted molar refractivity (Wildman–Crippen MR) is 125 cm³/mol. The third-order valence-corrected chi connectivity index (χ3v) is 5.12. The lowest BCUT2D eigenvalue weighted by Gasteiger charge is -2.16. The SMILES string of the molecule is CN(C)C(=O)c1cc(-c2cc(=O)n(C)nc2-c2ccccc2Oc2ccccc2)ccc1F. The normalized spacial score (nSPS) is 10.7. The summed E-state index contributed by atoms with van der Waals surface area (Å²) in [4.78, 5) is 26.3. The van der Waals surface area contributed by atoms with Gasteiger partial charge in [0.15, 0.2) is 0 Å². The Morgan fingerprint density at radius 1 is 0.939 bits per heavy atom. The van der Waals surface area contributed by atoms with E-state index in [2.05, 4.69) is 5.10 Å². The van der Waals surface area contributed by atoms with Gasteiger partial charge < -0.3 is 9.64 Å². The smallest absolute Gasteiger partial charge is 0.267 e. The van der Waals surface area contributed by atoms with Crippen molar-refractivity contribution in [1.82, 2.24) is 14.7 Å². The summed E-state index contributed by atoms with van der Waals surface area (Å²) in [6.45, 7) is 0. The zero-order valence-corrected chi connectivity index (χ0v) is 18.4. The number of rotatable bonds is 5. The summed E-state index contributed by atoms with van der Waals surface area (Å²) < 4.78 is 21.7. The third-order valence-electron chi connectivity index (χ3n) is 5.12. The molecule has 33 heavy (non-hydrogen) atoms. The van der Waals surface area contributed by atoms with Crippen LogP contribution in [-0.4, -0.2) is 34.7 Å². The highest BCUT2D eigenvalue weighted by Gasteiger charge is 2.20. The Morgan fingerprint density at radius 3 is 2.36 bits per heavy atom. The van der Waals surface area contributed by atoms with Crippen LogP contribution in [0, 0.1) is 5.82 Å². The van der Waals surface area contributed by atoms with Gasteiger partial charge in [0.1, 0.15) is 23.0 Å². The minimum Gasteiger partial charge on any atom is -0.457 e. The minimum atomic E-state index is -0.636. The average molecular weight is 443 g/mol. The summed E-state index contributed by atoms with van der Waals surface area (Å²) >= 11 is 0. The van der Waals surface area contributed by atoms with Crippen molar-refractivity contribution < 1.29 is 13.9 Å². The van der Waals surface area contributed by atoms with Crippen LogP contribution in [0.4, 0.5) is 4.39 Å². The van der Waals surface area contributed by atoms with Crippen LogP contribution in [-0.2, 0) is 7.05 Å². The molecule has 0 aliphatic rings. The molecule has 3 aromatic carbocycles. The number of para-hydroxylation sites is 2. The first kappa shape index (κ1) is 22.0. The van der Waals surface area contributed by atoms with Gasteiger partial charge in [0.2, 0.25) is 0 Å². The van der Waals surface area contributed by atoms with E-state index in [-0.39, 0.29) is 11.1 Å². The van der Waals surface area contributed by atoms with Crippen LogP contribution in [0.2, 0.25) is 0 Å². The van der Waals surface area contributed by atoms with Crippen LogP contribution in [0.5, 0.6) is 11.5 Å². The Labute approximate surface area is 190 Å². The molecule has 1 heterocycles. The molecule has 0 N–H and O–H groups in total. The maximum absolute atomic E-state index is 14.4. The van der Waals surface area contributed by atoms with Crippen LogP contribution in [0.25, 0.3) is 22.4 Å². The molecule has 0 saturated heterocycles. The van der Waals surface area contributed by atoms with Crippen molar-refractivity contribution in [2.45, 2.75) is 0 Å². The second kappa shape index (κ2) is 9.08. The summed E-state index contributed by atoms with van der Waals surface area (Å²) in [6.07, 6.45) is 0. The Hall–Kier alpha value is -4.26. The zero-order valence-electron chi connectivity index (χ0n) is 18.4. The van der Waals surface area contributed by atoms with Crippen molar-refractivity contribution in [3.8, 4) is 33.9 Å². The van der Waals surface area contributed by atoms with Gasteiger partial charge in [-0.1, -0.05) is 36.4 Å². The number of hydrogen-bond acceptors (Lipinski definition) is 4. The molecule has 0 spiro atoms. The number of carbonyl (C=O) groups is 1. The molecule has 0 unspecified atom stereocenters. The van der Waals surface area contributed by atoms with Crippen LogP contribution in [0.1, 0.15) is 10.4 Å². The number of nitrogens with zero attached hydrogens (tertiary/aromatic N) is 3. The molecule has 166 valence electrons. The number of hydrogen-bond donors (Lipinski definition) is 0. The van der Waals surface area contributed by atoms with Crippen molar-refractivity contribution in [2.75, 3.05) is 14.1 Å². The van der Waals surface area contributed by atoms with Gasteiger partial charge in [-0.15, -0.1) is 0 Å². The molecule has 1 aromatic heterocycles. The van der Waals surface area contributed by atoms with E-state index in [4.69, 9.17) is 4.74 Å². The zero-order chi connectivity index (χ0) is 23.5. The highest BCUT2D eigenvalue weighted by atomic mass is 19.1. The second-order valence-corrected chi connectivity index (χ2v) is 7.67. The molecule has 0 atom stereocenters. The molecular formula is C26H22FN3O3. The van der Waals surface area contributed by atoms with E-state index in [9.17, 15) is 14.0 Å². The van der Waals surface area contributed by atoms with E-state index < -0.39 is 11.7 Å². The number of benzene rings is 3. The highest BCUT2D eigenvalue weighted by molar-refractivity contribution is 5.96. The lowest BCUT2D eigenvalue weighted by molar-refractivity contribution is 0.0823. The number of amides is 1. The fourth-order valence-electron chi connectivity index (χ4n) is 3.42. The van der Waals surface area contributed by atoms with Gasteiger partial charge in [-0.05, 0) is 42.0 Å². The first-order chi connectivity index (χ1) is 15.8. The maximum Gasteiger partial charge on any atom is 0.267 e. The molecule has 1 amide bonds. The summed E-state index contributed by atoms with van der Waals surface area (Å²) in [6, 6.07) is 22.3. The fraction of sp³-hybridized carbons (Fsp3) is 0.115. The van der Waals surface area contributed by atoms with Gasteiger partial charge >= 0.3 is 0 Å². The van der Waals surface area contributed by atoms with Gasteiger partial charge in [0.25, 0.3) is 11.5 Å². The van der Waals surface area contributed by atoms with Crippen molar-refractivity contribution in [3.63, 3.8) is 0 Å². The molecule has 4 rings (SSSR count). The lowest BCUT2D eigenvalue weighted by atomic mass is 9.97. The van der Waals surface area contributed by atoms with Gasteiger partial charge in [-0.2, -0.15) is 5.10 Å². The van der Waals surface area contributed by atoms with Gasteiger partial charge in [-0.25, -0.2) is 9.07 Å². The number of aromatic nitrogens is 2. The fourth-order valence-corrected chi connectivity index (χ4v) is 3.42. The van der Waals surface area contributed by atoms with Crippen LogP contribution in [0.3, 0.4) is 0 Å². The Bertz CT molecular complexity index is 1380. The summed E-state index contributed by atoms with van der Waals surface area (Å²) in [5, 5.41) is 4.49. The van der Waals surface area contributed by atoms with E-state index in [0.29, 0.717) is 33.9 Å². The molecule has 0 saturated carbocycles. The molecular weight excluding hydrogens is 421 g/mol. The standard InChI is InChI=1S/C26H22FN3O3/c1-29(2)26(32)21-15-17(13-14-22(21)27)20-16-24(31)30(3)28-25(20)19-11-7-8-12-23(19)33-18-9-5-4-6-10-18/h4-16H,1-3H3.